The van der Waals surface area contributed by atoms with Crippen LogP contribution in [0.4, 0.5) is 10.5 Å². The molecule has 1 aliphatic heterocycles. The van der Waals surface area contributed by atoms with E-state index in [0.29, 0.717) is 36.9 Å². The van der Waals surface area contributed by atoms with Crippen LogP contribution in [-0.2, 0) is 10.0 Å². The zero-order chi connectivity index (χ0) is 20.3. The molecule has 8 nitrogen and oxygen atoms in total. The number of hydrogen-bond acceptors (Lipinski definition) is 4. The first-order valence-electron chi connectivity index (χ1n) is 8.48. The Morgan fingerprint density at radius 2 is 1.61 bits per heavy atom. The van der Waals surface area contributed by atoms with Gasteiger partial charge in [-0.3, -0.25) is 9.52 Å². The number of piperazine rings is 1. The van der Waals surface area contributed by atoms with Crippen molar-refractivity contribution in [3.05, 3.63) is 59.1 Å². The number of nitrogens with zero attached hydrogens (tertiary/aromatic N) is 2. The Kier molecular flexibility index (Phi) is 5.76. The summed E-state index contributed by atoms with van der Waals surface area (Å²) in [6.07, 6.45) is 0. The van der Waals surface area contributed by atoms with E-state index in [0.717, 1.165) is 0 Å². The summed E-state index contributed by atoms with van der Waals surface area (Å²) in [7, 11) is -3.89. The molecule has 0 atom stereocenters. The third-order valence-electron chi connectivity index (χ3n) is 4.35. The first kappa shape index (κ1) is 20.0. The lowest BCUT2D eigenvalue weighted by molar-refractivity contribution is 0.0669. The molecular weight excluding hydrogens is 404 g/mol. The highest BCUT2D eigenvalue weighted by molar-refractivity contribution is 7.92. The Balaban J connectivity index is 1.76. The molecule has 3 N–H and O–H groups in total. The molecule has 3 amide bonds. The van der Waals surface area contributed by atoms with Gasteiger partial charge in [0.25, 0.3) is 15.9 Å². The second-order valence-electron chi connectivity index (χ2n) is 6.26. The number of amides is 3. The Morgan fingerprint density at radius 3 is 2.25 bits per heavy atom. The number of sulfonamides is 1. The SMILES string of the molecule is NC(=O)N1CCN(C(=O)c2cccc(S(=O)(=O)Nc3cccc(Cl)c3)c2)CC1. The number of carbonyl (C=O) groups excluding carboxylic acids is 2. The van der Waals surface area contributed by atoms with Gasteiger partial charge in [0, 0.05) is 36.8 Å². The fourth-order valence-electron chi connectivity index (χ4n) is 2.87. The smallest absolute Gasteiger partial charge is 0.314 e. The van der Waals surface area contributed by atoms with Crippen molar-refractivity contribution >= 4 is 39.2 Å². The molecule has 1 heterocycles. The second-order valence-corrected chi connectivity index (χ2v) is 8.38. The number of rotatable bonds is 4. The van der Waals surface area contributed by atoms with E-state index in [-0.39, 0.29) is 16.4 Å². The largest absolute Gasteiger partial charge is 0.351 e. The predicted octanol–water partition coefficient (Wildman–Crippen LogP) is 1.98. The van der Waals surface area contributed by atoms with Crippen LogP contribution in [0.3, 0.4) is 0 Å². The number of halogens is 1. The molecule has 10 heteroatoms. The summed E-state index contributed by atoms with van der Waals surface area (Å²) in [5.74, 6) is -0.302. The first-order valence-corrected chi connectivity index (χ1v) is 10.3. The molecule has 1 aliphatic rings. The maximum atomic E-state index is 12.7. The van der Waals surface area contributed by atoms with Crippen LogP contribution in [0.1, 0.15) is 10.4 Å². The normalized spacial score (nSPS) is 14.6. The maximum Gasteiger partial charge on any atom is 0.314 e. The van der Waals surface area contributed by atoms with Crippen molar-refractivity contribution < 1.29 is 18.0 Å². The van der Waals surface area contributed by atoms with Crippen molar-refractivity contribution in [2.24, 2.45) is 5.73 Å². The van der Waals surface area contributed by atoms with E-state index in [2.05, 4.69) is 4.72 Å². The minimum Gasteiger partial charge on any atom is -0.351 e. The van der Waals surface area contributed by atoms with Gasteiger partial charge < -0.3 is 15.5 Å². The second kappa shape index (κ2) is 8.07. The Bertz CT molecular complexity index is 1000. The highest BCUT2D eigenvalue weighted by Crippen LogP contribution is 2.21. The molecule has 0 unspecified atom stereocenters. The molecule has 3 rings (SSSR count). The maximum absolute atomic E-state index is 12.7. The number of benzene rings is 2. The molecule has 2 aromatic rings. The number of urea groups is 1. The third kappa shape index (κ3) is 4.55. The van der Waals surface area contributed by atoms with Crippen LogP contribution in [0.15, 0.2) is 53.4 Å². The lowest BCUT2D eigenvalue weighted by atomic mass is 10.2. The number of nitrogens with one attached hydrogen (secondary N) is 1. The number of primary amides is 1. The first-order chi connectivity index (χ1) is 13.3. The summed E-state index contributed by atoms with van der Waals surface area (Å²) in [6, 6.07) is 11.6. The van der Waals surface area contributed by atoms with Gasteiger partial charge in [-0.1, -0.05) is 23.7 Å². The van der Waals surface area contributed by atoms with Crippen molar-refractivity contribution in [3.63, 3.8) is 0 Å². The van der Waals surface area contributed by atoms with Crippen LogP contribution >= 0.6 is 11.6 Å². The van der Waals surface area contributed by atoms with Crippen molar-refractivity contribution in [1.29, 1.82) is 0 Å². The van der Waals surface area contributed by atoms with Gasteiger partial charge in [0.2, 0.25) is 0 Å². The topological polar surface area (TPSA) is 113 Å². The number of nitrogens with two attached hydrogens (primary N) is 1. The molecule has 0 saturated carbocycles. The van der Waals surface area contributed by atoms with Gasteiger partial charge in [-0.25, -0.2) is 13.2 Å². The zero-order valence-corrected chi connectivity index (χ0v) is 16.4. The lowest BCUT2D eigenvalue weighted by Crippen LogP contribution is -2.52. The molecule has 0 aromatic heterocycles. The standard InChI is InChI=1S/C18H19ClN4O4S/c19-14-4-2-5-15(12-14)21-28(26,27)16-6-1-3-13(11-16)17(24)22-7-9-23(10-8-22)18(20)25/h1-6,11-12,21H,7-10H2,(H2,20,25). The van der Waals surface area contributed by atoms with Crippen molar-refractivity contribution in [2.45, 2.75) is 4.90 Å². The summed E-state index contributed by atoms with van der Waals surface area (Å²) >= 11 is 5.88. The van der Waals surface area contributed by atoms with E-state index in [1.54, 1.807) is 29.2 Å². The van der Waals surface area contributed by atoms with Gasteiger partial charge >= 0.3 is 6.03 Å². The fourth-order valence-corrected chi connectivity index (χ4v) is 4.16. The minimum absolute atomic E-state index is 0.0332. The van der Waals surface area contributed by atoms with E-state index in [1.165, 1.54) is 29.2 Å². The summed E-state index contributed by atoms with van der Waals surface area (Å²) in [6.45, 7) is 1.35. The van der Waals surface area contributed by atoms with Crippen molar-refractivity contribution in [2.75, 3.05) is 30.9 Å². The van der Waals surface area contributed by atoms with Crippen molar-refractivity contribution in [3.8, 4) is 0 Å². The fraction of sp³-hybridized carbons (Fsp3) is 0.222. The van der Waals surface area contributed by atoms with Crippen LogP contribution in [0.25, 0.3) is 0 Å². The molecule has 1 fully saturated rings. The van der Waals surface area contributed by atoms with Gasteiger partial charge in [-0.2, -0.15) is 0 Å². The van der Waals surface area contributed by atoms with Gasteiger partial charge in [-0.15, -0.1) is 0 Å². The van der Waals surface area contributed by atoms with Crippen LogP contribution < -0.4 is 10.5 Å². The molecule has 0 aliphatic carbocycles. The third-order valence-corrected chi connectivity index (χ3v) is 5.96. The van der Waals surface area contributed by atoms with Gasteiger partial charge in [0.15, 0.2) is 0 Å². The average Bonchev–Trinajstić information content (AvgIpc) is 2.67. The molecule has 0 bridgehead atoms. The van der Waals surface area contributed by atoms with Crippen LogP contribution in [-0.4, -0.2) is 56.3 Å². The Hall–Kier alpha value is -2.78. The molecule has 0 radical (unpaired) electrons. The quantitative estimate of drug-likeness (QED) is 0.784. The highest BCUT2D eigenvalue weighted by Gasteiger charge is 2.25. The molecule has 148 valence electrons. The summed E-state index contributed by atoms with van der Waals surface area (Å²) < 4.78 is 27.7. The number of anilines is 1. The monoisotopic (exact) mass is 422 g/mol. The summed E-state index contributed by atoms with van der Waals surface area (Å²) in [5, 5.41) is 0.402. The minimum atomic E-state index is -3.89. The van der Waals surface area contributed by atoms with E-state index in [9.17, 15) is 18.0 Å². The lowest BCUT2D eigenvalue weighted by Gasteiger charge is -2.33. The van der Waals surface area contributed by atoms with Crippen LogP contribution in [0.2, 0.25) is 5.02 Å². The predicted molar refractivity (Wildman–Crippen MR) is 106 cm³/mol. The molecule has 2 aromatic carbocycles. The average molecular weight is 423 g/mol. The zero-order valence-electron chi connectivity index (χ0n) is 14.8. The van der Waals surface area contributed by atoms with E-state index >= 15 is 0 Å². The number of carbonyl (C=O) groups is 2. The van der Waals surface area contributed by atoms with E-state index < -0.39 is 16.1 Å². The van der Waals surface area contributed by atoms with E-state index in [1.807, 2.05) is 0 Å². The summed E-state index contributed by atoms with van der Waals surface area (Å²) in [5.41, 5.74) is 5.82. The van der Waals surface area contributed by atoms with Gasteiger partial charge in [0.05, 0.1) is 10.6 Å². The van der Waals surface area contributed by atoms with Crippen LogP contribution in [0, 0.1) is 0 Å². The highest BCUT2D eigenvalue weighted by atomic mass is 35.5. The summed E-state index contributed by atoms with van der Waals surface area (Å²) in [4.78, 5) is 26.9. The number of hydrogen-bond donors (Lipinski definition) is 2. The van der Waals surface area contributed by atoms with Crippen LogP contribution in [0.5, 0.6) is 0 Å². The molecule has 1 saturated heterocycles. The van der Waals surface area contributed by atoms with Gasteiger partial charge in [0.1, 0.15) is 0 Å². The Labute approximate surface area is 167 Å². The van der Waals surface area contributed by atoms with Crippen molar-refractivity contribution in [1.82, 2.24) is 9.80 Å². The molecule has 0 spiro atoms. The molecular formula is C18H19ClN4O4S. The Morgan fingerprint density at radius 1 is 0.964 bits per heavy atom. The molecule has 28 heavy (non-hydrogen) atoms. The van der Waals surface area contributed by atoms with E-state index in [4.69, 9.17) is 17.3 Å². The van der Waals surface area contributed by atoms with Gasteiger partial charge in [-0.05, 0) is 36.4 Å².